The van der Waals surface area contributed by atoms with Crippen molar-refractivity contribution in [3.63, 3.8) is 0 Å². The molecule has 0 saturated carbocycles. The largest absolute Gasteiger partial charge is 0.461 e. The van der Waals surface area contributed by atoms with Gasteiger partial charge in [0.2, 0.25) is 0 Å². The molecule has 0 amide bonds. The van der Waals surface area contributed by atoms with Gasteiger partial charge in [-0.05, 0) is 13.8 Å². The molecule has 0 aliphatic carbocycles. The summed E-state index contributed by atoms with van der Waals surface area (Å²) in [6.45, 7) is 1.56. The maximum atomic E-state index is 11.4. The number of rotatable bonds is 3. The summed E-state index contributed by atoms with van der Waals surface area (Å²) < 4.78 is 15.7. The minimum atomic E-state index is -1.52. The smallest absolute Gasteiger partial charge is 0.337 e. The van der Waals surface area contributed by atoms with Crippen molar-refractivity contribution in [1.29, 1.82) is 0 Å². The van der Waals surface area contributed by atoms with E-state index in [2.05, 4.69) is 4.74 Å². The number of hydrogen-bond donors (Lipinski definition) is 1. The molecule has 0 bridgehead atoms. The summed E-state index contributed by atoms with van der Waals surface area (Å²) in [5.74, 6) is -0.801. The molecule has 0 fully saturated rings. The standard InChI is InChI=1S/C6H11FO3/c1-6(2,9)5(8)10-4-3-7/h9H,3-4H2,1-2H3. The number of carbonyl (C=O) groups excluding carboxylic acids is 1. The summed E-state index contributed by atoms with van der Waals surface area (Å²) in [4.78, 5) is 10.6. The Morgan fingerprint density at radius 2 is 2.20 bits per heavy atom. The van der Waals surface area contributed by atoms with Gasteiger partial charge in [-0.3, -0.25) is 0 Å². The first-order valence-corrected chi connectivity index (χ1v) is 2.94. The maximum Gasteiger partial charge on any atom is 0.337 e. The highest BCUT2D eigenvalue weighted by Gasteiger charge is 2.25. The Morgan fingerprint density at radius 1 is 1.70 bits per heavy atom. The summed E-state index contributed by atoms with van der Waals surface area (Å²) in [5, 5.41) is 8.92. The van der Waals surface area contributed by atoms with Crippen molar-refractivity contribution >= 4 is 5.97 Å². The van der Waals surface area contributed by atoms with Crippen LogP contribution in [0.25, 0.3) is 0 Å². The number of hydrogen-bond acceptors (Lipinski definition) is 3. The highest BCUT2D eigenvalue weighted by atomic mass is 19.1. The van der Waals surface area contributed by atoms with E-state index in [4.69, 9.17) is 5.11 Å². The summed E-state index contributed by atoms with van der Waals surface area (Å²) >= 11 is 0. The van der Waals surface area contributed by atoms with E-state index in [1.165, 1.54) is 13.8 Å². The predicted molar refractivity (Wildman–Crippen MR) is 33.2 cm³/mol. The van der Waals surface area contributed by atoms with E-state index in [0.717, 1.165) is 0 Å². The van der Waals surface area contributed by atoms with Gasteiger partial charge >= 0.3 is 5.97 Å². The first kappa shape index (κ1) is 9.36. The molecule has 0 spiro atoms. The predicted octanol–water partition coefficient (Wildman–Crippen LogP) is 0.270. The lowest BCUT2D eigenvalue weighted by Crippen LogP contribution is -2.33. The fourth-order valence-electron chi connectivity index (χ4n) is 0.308. The Kier molecular flexibility index (Phi) is 3.28. The molecule has 0 aliphatic rings. The minimum Gasteiger partial charge on any atom is -0.461 e. The minimum absolute atomic E-state index is 0.289. The van der Waals surface area contributed by atoms with Gasteiger partial charge in [0.25, 0.3) is 0 Å². The van der Waals surface area contributed by atoms with Gasteiger partial charge in [0.1, 0.15) is 13.3 Å². The van der Waals surface area contributed by atoms with Crippen LogP contribution in [-0.2, 0) is 9.53 Å². The van der Waals surface area contributed by atoms with E-state index >= 15 is 0 Å². The van der Waals surface area contributed by atoms with E-state index in [1.807, 2.05) is 0 Å². The molecule has 0 saturated heterocycles. The number of esters is 1. The zero-order chi connectivity index (χ0) is 8.20. The van der Waals surface area contributed by atoms with E-state index in [9.17, 15) is 9.18 Å². The quantitative estimate of drug-likeness (QED) is 0.587. The Labute approximate surface area is 58.8 Å². The molecule has 0 aromatic heterocycles. The van der Waals surface area contributed by atoms with Gasteiger partial charge in [0, 0.05) is 0 Å². The van der Waals surface area contributed by atoms with E-state index in [-0.39, 0.29) is 6.61 Å². The lowest BCUT2D eigenvalue weighted by Gasteiger charge is -2.14. The highest BCUT2D eigenvalue weighted by molar-refractivity contribution is 5.78. The number of ether oxygens (including phenoxy) is 1. The van der Waals surface area contributed by atoms with Crippen molar-refractivity contribution in [2.45, 2.75) is 19.4 Å². The summed E-state index contributed by atoms with van der Waals surface area (Å²) in [5.41, 5.74) is -1.52. The van der Waals surface area contributed by atoms with Crippen LogP contribution in [-0.4, -0.2) is 30.0 Å². The lowest BCUT2D eigenvalue weighted by molar-refractivity contribution is -0.162. The van der Waals surface area contributed by atoms with Crippen LogP contribution in [0.5, 0.6) is 0 Å². The lowest BCUT2D eigenvalue weighted by atomic mass is 10.1. The SMILES string of the molecule is CC(C)(O)C(=O)OCCF. The van der Waals surface area contributed by atoms with E-state index in [0.29, 0.717) is 0 Å². The second-order valence-electron chi connectivity index (χ2n) is 2.38. The zero-order valence-electron chi connectivity index (χ0n) is 6.06. The normalized spacial score (nSPS) is 11.2. The highest BCUT2D eigenvalue weighted by Crippen LogP contribution is 2.02. The molecule has 1 N–H and O–H groups in total. The van der Waals surface area contributed by atoms with Crippen molar-refractivity contribution in [2.75, 3.05) is 13.3 Å². The van der Waals surface area contributed by atoms with Crippen LogP contribution in [0.4, 0.5) is 4.39 Å². The molecule has 4 heteroatoms. The average Bonchev–Trinajstić information content (AvgIpc) is 1.80. The topological polar surface area (TPSA) is 46.5 Å². The number of halogens is 1. The number of alkyl halides is 1. The van der Waals surface area contributed by atoms with E-state index in [1.54, 1.807) is 0 Å². The monoisotopic (exact) mass is 150 g/mol. The van der Waals surface area contributed by atoms with Crippen molar-refractivity contribution in [2.24, 2.45) is 0 Å². The van der Waals surface area contributed by atoms with Gasteiger partial charge in [-0.1, -0.05) is 0 Å². The third kappa shape index (κ3) is 3.40. The summed E-state index contributed by atoms with van der Waals surface area (Å²) in [6, 6.07) is 0. The summed E-state index contributed by atoms with van der Waals surface area (Å²) in [6.07, 6.45) is 0. The van der Waals surface area contributed by atoms with Crippen molar-refractivity contribution in [1.82, 2.24) is 0 Å². The van der Waals surface area contributed by atoms with Gasteiger partial charge < -0.3 is 9.84 Å². The molecular weight excluding hydrogens is 139 g/mol. The molecule has 0 aliphatic heterocycles. The molecular formula is C6H11FO3. The molecule has 0 radical (unpaired) electrons. The third-order valence-electron chi connectivity index (χ3n) is 0.810. The molecule has 10 heavy (non-hydrogen) atoms. The second kappa shape index (κ2) is 3.51. The van der Waals surface area contributed by atoms with Gasteiger partial charge in [-0.25, -0.2) is 9.18 Å². The molecule has 0 unspecified atom stereocenters. The fraction of sp³-hybridized carbons (Fsp3) is 0.833. The maximum absolute atomic E-state index is 11.4. The molecule has 0 atom stereocenters. The first-order chi connectivity index (χ1) is 4.48. The van der Waals surface area contributed by atoms with Crippen LogP contribution < -0.4 is 0 Å². The van der Waals surface area contributed by atoms with Crippen LogP contribution in [0, 0.1) is 0 Å². The summed E-state index contributed by atoms with van der Waals surface area (Å²) in [7, 11) is 0. The van der Waals surface area contributed by atoms with Crippen LogP contribution in [0.1, 0.15) is 13.8 Å². The molecule has 60 valence electrons. The zero-order valence-corrected chi connectivity index (χ0v) is 6.06. The van der Waals surface area contributed by atoms with Gasteiger partial charge in [0.15, 0.2) is 5.60 Å². The van der Waals surface area contributed by atoms with Crippen molar-refractivity contribution in [3.8, 4) is 0 Å². The number of carbonyl (C=O) groups is 1. The van der Waals surface area contributed by atoms with Gasteiger partial charge in [0.05, 0.1) is 0 Å². The number of aliphatic hydroxyl groups is 1. The van der Waals surface area contributed by atoms with E-state index < -0.39 is 18.2 Å². The third-order valence-corrected chi connectivity index (χ3v) is 0.810. The first-order valence-electron chi connectivity index (χ1n) is 2.94. The molecule has 0 heterocycles. The Hall–Kier alpha value is -0.640. The Morgan fingerprint density at radius 3 is 2.50 bits per heavy atom. The van der Waals surface area contributed by atoms with Crippen molar-refractivity contribution < 1.29 is 19.0 Å². The molecule has 0 aromatic rings. The van der Waals surface area contributed by atoms with Crippen LogP contribution >= 0.6 is 0 Å². The molecule has 0 rings (SSSR count). The second-order valence-corrected chi connectivity index (χ2v) is 2.38. The Balaban J connectivity index is 3.64. The van der Waals surface area contributed by atoms with Crippen LogP contribution in [0.3, 0.4) is 0 Å². The van der Waals surface area contributed by atoms with Gasteiger partial charge in [-0.2, -0.15) is 0 Å². The Bertz CT molecular complexity index is 117. The fourth-order valence-corrected chi connectivity index (χ4v) is 0.308. The molecule has 0 aromatic carbocycles. The van der Waals surface area contributed by atoms with Crippen LogP contribution in [0.2, 0.25) is 0 Å². The van der Waals surface area contributed by atoms with Crippen LogP contribution in [0.15, 0.2) is 0 Å². The van der Waals surface area contributed by atoms with Crippen molar-refractivity contribution in [3.05, 3.63) is 0 Å². The molecule has 3 nitrogen and oxygen atoms in total. The van der Waals surface area contributed by atoms with Gasteiger partial charge in [-0.15, -0.1) is 0 Å². The average molecular weight is 150 g/mol.